The Morgan fingerprint density at radius 2 is 1.29 bits per heavy atom. The van der Waals surface area contributed by atoms with Crippen molar-refractivity contribution in [1.82, 2.24) is 0 Å². The molecular formula is C28H58O10. The zero-order valence-corrected chi connectivity index (χ0v) is 25.5. The first-order valence-electron chi connectivity index (χ1n) is 13.5. The summed E-state index contributed by atoms with van der Waals surface area (Å²) in [5, 5.41) is 32.7. The highest BCUT2D eigenvalue weighted by Gasteiger charge is 2.32. The lowest BCUT2D eigenvalue weighted by Crippen LogP contribution is -2.38. The number of hydrogen-bond acceptors (Lipinski definition) is 10. The molecule has 10 nitrogen and oxygen atoms in total. The third-order valence-corrected chi connectivity index (χ3v) is 4.82. The van der Waals surface area contributed by atoms with Crippen LogP contribution in [0.15, 0.2) is 12.2 Å². The maximum Gasteiger partial charge on any atom is 0.163 e. The first-order valence-corrected chi connectivity index (χ1v) is 13.5. The van der Waals surface area contributed by atoms with Crippen LogP contribution in [0, 0.1) is 0 Å². The lowest BCUT2D eigenvalue weighted by molar-refractivity contribution is -0.269. The topological polar surface area (TPSA) is 147 Å². The van der Waals surface area contributed by atoms with Crippen LogP contribution in [0.25, 0.3) is 0 Å². The van der Waals surface area contributed by atoms with E-state index in [1.165, 1.54) is 6.92 Å². The maximum atomic E-state index is 8.81. The summed E-state index contributed by atoms with van der Waals surface area (Å²) >= 11 is 0. The molecule has 230 valence electrons. The molecule has 10 heteroatoms. The predicted octanol–water partition coefficient (Wildman–Crippen LogP) is 3.37. The first-order chi connectivity index (χ1) is 17.6. The van der Waals surface area contributed by atoms with Gasteiger partial charge in [-0.2, -0.15) is 0 Å². The number of rotatable bonds is 4. The van der Waals surface area contributed by atoms with Crippen molar-refractivity contribution in [3.8, 4) is 0 Å². The predicted molar refractivity (Wildman–Crippen MR) is 149 cm³/mol. The van der Waals surface area contributed by atoms with Gasteiger partial charge in [-0.05, 0) is 88.5 Å². The van der Waals surface area contributed by atoms with E-state index in [2.05, 4.69) is 13.8 Å². The summed E-state index contributed by atoms with van der Waals surface area (Å²) in [5.41, 5.74) is 0. The van der Waals surface area contributed by atoms with Gasteiger partial charge in [-0.3, -0.25) is 0 Å². The largest absolute Gasteiger partial charge is 0.396 e. The Kier molecular flexibility index (Phi) is 27.4. The summed E-state index contributed by atoms with van der Waals surface area (Å²) in [6, 6.07) is 0. The summed E-state index contributed by atoms with van der Waals surface area (Å²) in [7, 11) is 0. The van der Waals surface area contributed by atoms with Crippen LogP contribution in [0.4, 0.5) is 0 Å². The van der Waals surface area contributed by atoms with Crippen LogP contribution in [-0.2, 0) is 28.5 Å². The fourth-order valence-electron chi connectivity index (χ4n) is 2.81. The van der Waals surface area contributed by atoms with Crippen LogP contribution < -0.4 is 0 Å². The molecule has 0 aromatic carbocycles. The third kappa shape index (κ3) is 31.3. The summed E-state index contributed by atoms with van der Waals surface area (Å²) in [4.78, 5) is 8.81. The standard InChI is InChI=1S/2C7H14O2.C4H8O2.C4H10O2.C4H8O.C2H4O/c2*1-6-4-5-8-7(2,3)9-6;1-3-4(2-5)6-3;1-4(6)2-3-5;1-2-3-4-5;1-2-3/h2*6H,4-5H2,1-3H3;3-5H,2H2,1H3;4-6H,2-3H2,1H3;2-3,5H,4H2,1H3;2H,1H3/b;;;;3-2+;. The zero-order valence-electron chi connectivity index (χ0n) is 25.5. The van der Waals surface area contributed by atoms with Gasteiger partial charge in [0.05, 0.1) is 50.8 Å². The van der Waals surface area contributed by atoms with Gasteiger partial charge in [0.2, 0.25) is 0 Å². The molecule has 0 aromatic rings. The Hall–Kier alpha value is -0.950. The van der Waals surface area contributed by atoms with Crippen LogP contribution >= 0.6 is 0 Å². The normalized spacial score (nSPS) is 27.0. The van der Waals surface area contributed by atoms with E-state index < -0.39 is 0 Å². The molecule has 3 aliphatic rings. The summed E-state index contributed by atoms with van der Waals surface area (Å²) in [6.07, 6.45) is 7.59. The van der Waals surface area contributed by atoms with Crippen LogP contribution in [0.5, 0.6) is 0 Å². The number of ether oxygens (including phenoxy) is 5. The average molecular weight is 555 g/mol. The van der Waals surface area contributed by atoms with Gasteiger partial charge in [0.15, 0.2) is 11.6 Å². The molecule has 3 rings (SSSR count). The molecular weight excluding hydrogens is 496 g/mol. The number of allylic oxidation sites excluding steroid dienone is 1. The van der Waals surface area contributed by atoms with Gasteiger partial charge in [-0.1, -0.05) is 12.2 Å². The Bertz CT molecular complexity index is 524. The van der Waals surface area contributed by atoms with E-state index in [0.29, 0.717) is 24.7 Å². The van der Waals surface area contributed by atoms with Crippen LogP contribution in [0.2, 0.25) is 0 Å². The molecule has 0 spiro atoms. The van der Waals surface area contributed by atoms with Crippen molar-refractivity contribution in [2.24, 2.45) is 0 Å². The molecule has 0 amide bonds. The number of epoxide rings is 1. The molecule has 0 aromatic heterocycles. The van der Waals surface area contributed by atoms with Gasteiger partial charge in [0, 0.05) is 6.61 Å². The van der Waals surface area contributed by atoms with Crippen molar-refractivity contribution in [2.45, 2.75) is 131 Å². The number of aldehydes is 1. The molecule has 0 radical (unpaired) electrons. The highest BCUT2D eigenvalue weighted by atomic mass is 16.7. The van der Waals surface area contributed by atoms with Crippen molar-refractivity contribution in [2.75, 3.05) is 33.0 Å². The summed E-state index contributed by atoms with van der Waals surface area (Å²) < 4.78 is 26.3. The minimum atomic E-state index is -0.352. The second kappa shape index (κ2) is 25.0. The second-order valence-corrected chi connectivity index (χ2v) is 9.84. The third-order valence-electron chi connectivity index (χ3n) is 4.82. The van der Waals surface area contributed by atoms with Gasteiger partial charge in [0.1, 0.15) is 12.4 Å². The second-order valence-electron chi connectivity index (χ2n) is 9.84. The lowest BCUT2D eigenvalue weighted by Gasteiger charge is -2.34. The Balaban J connectivity index is -0.000000400. The molecule has 5 unspecified atom stereocenters. The number of hydrogen-bond donors (Lipinski definition) is 4. The van der Waals surface area contributed by atoms with E-state index >= 15 is 0 Å². The van der Waals surface area contributed by atoms with E-state index in [0.717, 1.165) is 32.3 Å². The smallest absolute Gasteiger partial charge is 0.163 e. The maximum absolute atomic E-state index is 8.81. The highest BCUT2D eigenvalue weighted by molar-refractivity contribution is 5.44. The van der Waals surface area contributed by atoms with Gasteiger partial charge in [0.25, 0.3) is 0 Å². The van der Waals surface area contributed by atoms with E-state index in [-0.39, 0.29) is 43.6 Å². The van der Waals surface area contributed by atoms with E-state index in [1.54, 1.807) is 19.1 Å². The van der Waals surface area contributed by atoms with Crippen LogP contribution in [-0.4, -0.2) is 102 Å². The average Bonchev–Trinajstić information content (AvgIpc) is 3.50. The molecule has 3 aliphatic heterocycles. The van der Waals surface area contributed by atoms with E-state index in [9.17, 15) is 0 Å². The van der Waals surface area contributed by atoms with Crippen molar-refractivity contribution < 1.29 is 48.9 Å². The van der Waals surface area contributed by atoms with E-state index in [1.807, 2.05) is 41.5 Å². The minimum absolute atomic E-state index is 0.0810. The van der Waals surface area contributed by atoms with Gasteiger partial charge in [-0.25, -0.2) is 0 Å². The zero-order chi connectivity index (χ0) is 30.2. The number of aliphatic hydroxyl groups is 4. The fraction of sp³-hybridized carbons (Fsp3) is 0.893. The van der Waals surface area contributed by atoms with Gasteiger partial charge < -0.3 is 48.9 Å². The van der Waals surface area contributed by atoms with Crippen molar-refractivity contribution in [3.05, 3.63) is 12.2 Å². The lowest BCUT2D eigenvalue weighted by atomic mass is 10.2. The molecule has 3 saturated heterocycles. The van der Waals surface area contributed by atoms with Gasteiger partial charge >= 0.3 is 0 Å². The fourth-order valence-corrected chi connectivity index (χ4v) is 2.81. The van der Waals surface area contributed by atoms with Crippen LogP contribution in [0.3, 0.4) is 0 Å². The number of aliphatic hydroxyl groups excluding tert-OH is 4. The molecule has 38 heavy (non-hydrogen) atoms. The number of carbonyl (C=O) groups excluding carboxylic acids is 1. The summed E-state index contributed by atoms with van der Waals surface area (Å²) in [5.74, 6) is -0.699. The SMILES string of the molecule is C/C=C/CO.CC(O)CCO.CC1CCOC(C)(C)O1.CC1CCOC(C)(C)O1.CC1OC1CO.CC=O. The molecule has 5 atom stereocenters. The van der Waals surface area contributed by atoms with Crippen LogP contribution in [0.1, 0.15) is 88.5 Å². The molecule has 0 bridgehead atoms. The minimum Gasteiger partial charge on any atom is -0.396 e. The van der Waals surface area contributed by atoms with Crippen molar-refractivity contribution >= 4 is 6.29 Å². The number of carbonyl (C=O) groups is 1. The molecule has 3 fully saturated rings. The quantitative estimate of drug-likeness (QED) is 0.232. The molecule has 3 heterocycles. The Labute approximate surface area is 231 Å². The first kappa shape index (κ1) is 41.5. The molecule has 0 aliphatic carbocycles. The highest BCUT2D eigenvalue weighted by Crippen LogP contribution is 2.22. The molecule has 0 saturated carbocycles. The van der Waals surface area contributed by atoms with Crippen molar-refractivity contribution in [1.29, 1.82) is 0 Å². The van der Waals surface area contributed by atoms with Crippen molar-refractivity contribution in [3.63, 3.8) is 0 Å². The van der Waals surface area contributed by atoms with Gasteiger partial charge in [-0.15, -0.1) is 0 Å². The Morgan fingerprint density at radius 1 is 0.895 bits per heavy atom. The Morgan fingerprint density at radius 3 is 1.37 bits per heavy atom. The monoisotopic (exact) mass is 554 g/mol. The summed E-state index contributed by atoms with van der Waals surface area (Å²) in [6.45, 7) is 20.9. The molecule has 4 N–H and O–H groups in total. The van der Waals surface area contributed by atoms with E-state index in [4.69, 9.17) is 48.9 Å².